The molecule has 2 rings (SSSR count). The van der Waals surface area contributed by atoms with Crippen molar-refractivity contribution in [1.82, 2.24) is 4.98 Å². The Morgan fingerprint density at radius 3 is 2.73 bits per heavy atom. The van der Waals surface area contributed by atoms with Gasteiger partial charge in [0.1, 0.15) is 0 Å². The van der Waals surface area contributed by atoms with Crippen molar-refractivity contribution in [1.29, 1.82) is 0 Å². The van der Waals surface area contributed by atoms with Gasteiger partial charge in [-0.3, -0.25) is 4.98 Å². The predicted octanol–water partition coefficient (Wildman–Crippen LogP) is 2.04. The van der Waals surface area contributed by atoms with Gasteiger partial charge in [0.05, 0.1) is 11.1 Å². The lowest BCUT2D eigenvalue weighted by molar-refractivity contribution is 0.0795. The summed E-state index contributed by atoms with van der Waals surface area (Å²) in [6.07, 6.45) is 1.73. The van der Waals surface area contributed by atoms with Gasteiger partial charge in [0.15, 0.2) is 0 Å². The molecule has 0 bridgehead atoms. The molecule has 0 radical (unpaired) electrons. The molecule has 3 N–H and O–H groups in total. The number of anilines is 1. The highest BCUT2D eigenvalue weighted by Gasteiger charge is 2.19. The van der Waals surface area contributed by atoms with Gasteiger partial charge < -0.3 is 10.8 Å². The zero-order chi connectivity index (χ0) is 11.1. The fourth-order valence-corrected chi connectivity index (χ4v) is 1.67. The first-order valence-corrected chi connectivity index (χ1v) is 4.85. The van der Waals surface area contributed by atoms with E-state index in [1.165, 1.54) is 0 Å². The first-order valence-electron chi connectivity index (χ1n) is 4.85. The minimum absolute atomic E-state index is 0.578. The van der Waals surface area contributed by atoms with Gasteiger partial charge in [-0.1, -0.05) is 6.07 Å². The summed E-state index contributed by atoms with van der Waals surface area (Å²) in [4.78, 5) is 4.20. The fraction of sp³-hybridized carbons (Fsp3) is 0.250. The van der Waals surface area contributed by atoms with Crippen LogP contribution >= 0.6 is 0 Å². The Kier molecular flexibility index (Phi) is 2.12. The monoisotopic (exact) mass is 202 g/mol. The lowest BCUT2D eigenvalue weighted by Crippen LogP contribution is -2.17. The largest absolute Gasteiger partial charge is 0.398 e. The average Bonchev–Trinajstić information content (AvgIpc) is 2.15. The standard InChI is InChI=1S/C12H14N2O/c1-12(2,15)9-6-8-4-3-5-14-11(8)7-10(9)13/h3-7,15H,13H2,1-2H3. The van der Waals surface area contributed by atoms with E-state index in [0.717, 1.165) is 16.5 Å². The Morgan fingerprint density at radius 1 is 1.33 bits per heavy atom. The fourth-order valence-electron chi connectivity index (χ4n) is 1.67. The minimum atomic E-state index is -0.923. The number of benzene rings is 1. The lowest BCUT2D eigenvalue weighted by atomic mass is 9.95. The first kappa shape index (κ1) is 9.93. The smallest absolute Gasteiger partial charge is 0.0860 e. The first-order chi connectivity index (χ1) is 6.98. The summed E-state index contributed by atoms with van der Waals surface area (Å²) in [5.41, 5.74) is 7.12. The molecule has 0 fully saturated rings. The Bertz CT molecular complexity index is 500. The number of hydrogen-bond acceptors (Lipinski definition) is 3. The second-order valence-corrected chi connectivity index (χ2v) is 4.19. The molecule has 0 unspecified atom stereocenters. The van der Waals surface area contributed by atoms with E-state index in [1.54, 1.807) is 26.1 Å². The van der Waals surface area contributed by atoms with Crippen LogP contribution in [0.25, 0.3) is 10.9 Å². The number of aliphatic hydroxyl groups is 1. The molecule has 0 aliphatic carbocycles. The van der Waals surface area contributed by atoms with Gasteiger partial charge >= 0.3 is 0 Å². The second-order valence-electron chi connectivity index (χ2n) is 4.19. The van der Waals surface area contributed by atoms with Gasteiger partial charge in [-0.2, -0.15) is 0 Å². The summed E-state index contributed by atoms with van der Waals surface area (Å²) in [5.74, 6) is 0. The summed E-state index contributed by atoms with van der Waals surface area (Å²) < 4.78 is 0. The summed E-state index contributed by atoms with van der Waals surface area (Å²) in [5, 5.41) is 10.9. The maximum Gasteiger partial charge on any atom is 0.0860 e. The van der Waals surface area contributed by atoms with E-state index < -0.39 is 5.60 Å². The quantitative estimate of drug-likeness (QED) is 0.696. The molecule has 15 heavy (non-hydrogen) atoms. The Morgan fingerprint density at radius 2 is 2.07 bits per heavy atom. The molecule has 1 heterocycles. The normalized spacial score (nSPS) is 11.9. The number of aromatic nitrogens is 1. The summed E-state index contributed by atoms with van der Waals surface area (Å²) in [6.45, 7) is 3.45. The minimum Gasteiger partial charge on any atom is -0.398 e. The van der Waals surface area contributed by atoms with Crippen LogP contribution in [0.2, 0.25) is 0 Å². The van der Waals surface area contributed by atoms with Crippen LogP contribution in [0, 0.1) is 0 Å². The molecule has 78 valence electrons. The van der Waals surface area contributed by atoms with E-state index in [1.807, 2.05) is 18.2 Å². The van der Waals surface area contributed by atoms with Crippen molar-refractivity contribution >= 4 is 16.6 Å². The van der Waals surface area contributed by atoms with E-state index >= 15 is 0 Å². The van der Waals surface area contributed by atoms with Gasteiger partial charge in [-0.05, 0) is 32.0 Å². The Hall–Kier alpha value is -1.61. The molecule has 3 nitrogen and oxygen atoms in total. The van der Waals surface area contributed by atoms with Crippen LogP contribution in [-0.2, 0) is 5.60 Å². The van der Waals surface area contributed by atoms with E-state index in [0.29, 0.717) is 5.69 Å². The average molecular weight is 202 g/mol. The Labute approximate surface area is 88.6 Å². The molecule has 0 aliphatic heterocycles. The molecular formula is C12H14N2O. The van der Waals surface area contributed by atoms with Crippen LogP contribution in [-0.4, -0.2) is 10.1 Å². The summed E-state index contributed by atoms with van der Waals surface area (Å²) in [6, 6.07) is 7.50. The SMILES string of the molecule is CC(C)(O)c1cc2cccnc2cc1N. The van der Waals surface area contributed by atoms with E-state index in [2.05, 4.69) is 4.98 Å². The summed E-state index contributed by atoms with van der Waals surface area (Å²) in [7, 11) is 0. The highest BCUT2D eigenvalue weighted by molar-refractivity contribution is 5.83. The second kappa shape index (κ2) is 3.21. The number of pyridine rings is 1. The molecular weight excluding hydrogens is 188 g/mol. The van der Waals surface area contributed by atoms with Crippen molar-refractivity contribution in [2.75, 3.05) is 5.73 Å². The lowest BCUT2D eigenvalue weighted by Gasteiger charge is -2.20. The number of hydrogen-bond donors (Lipinski definition) is 2. The van der Waals surface area contributed by atoms with Crippen molar-refractivity contribution in [3.8, 4) is 0 Å². The third-order valence-electron chi connectivity index (χ3n) is 2.43. The van der Waals surface area contributed by atoms with Gasteiger partial charge in [-0.15, -0.1) is 0 Å². The van der Waals surface area contributed by atoms with Crippen LogP contribution in [0.15, 0.2) is 30.5 Å². The van der Waals surface area contributed by atoms with Crippen LogP contribution in [0.3, 0.4) is 0 Å². The van der Waals surface area contributed by atoms with Crippen molar-refractivity contribution in [3.63, 3.8) is 0 Å². The molecule has 2 aromatic rings. The molecule has 0 aliphatic rings. The van der Waals surface area contributed by atoms with Crippen molar-refractivity contribution in [3.05, 3.63) is 36.0 Å². The number of nitrogens with two attached hydrogens (primary N) is 1. The van der Waals surface area contributed by atoms with Gasteiger partial charge in [0.25, 0.3) is 0 Å². The molecule has 0 saturated heterocycles. The van der Waals surface area contributed by atoms with E-state index in [9.17, 15) is 5.11 Å². The number of nitrogens with zero attached hydrogens (tertiary/aromatic N) is 1. The third kappa shape index (κ3) is 1.78. The molecule has 1 aromatic carbocycles. The highest BCUT2D eigenvalue weighted by Crippen LogP contribution is 2.29. The molecule has 0 spiro atoms. The van der Waals surface area contributed by atoms with E-state index in [-0.39, 0.29) is 0 Å². The maximum atomic E-state index is 9.93. The number of nitrogen functional groups attached to an aromatic ring is 1. The maximum absolute atomic E-state index is 9.93. The molecule has 0 amide bonds. The molecule has 1 aromatic heterocycles. The van der Waals surface area contributed by atoms with Crippen LogP contribution < -0.4 is 5.73 Å². The summed E-state index contributed by atoms with van der Waals surface area (Å²) >= 11 is 0. The van der Waals surface area contributed by atoms with Gasteiger partial charge in [0.2, 0.25) is 0 Å². The molecule has 3 heteroatoms. The third-order valence-corrected chi connectivity index (χ3v) is 2.43. The zero-order valence-electron chi connectivity index (χ0n) is 8.86. The zero-order valence-corrected chi connectivity index (χ0v) is 8.86. The predicted molar refractivity (Wildman–Crippen MR) is 61.4 cm³/mol. The van der Waals surface area contributed by atoms with Crippen LogP contribution in [0.5, 0.6) is 0 Å². The van der Waals surface area contributed by atoms with Crippen molar-refractivity contribution in [2.45, 2.75) is 19.4 Å². The van der Waals surface area contributed by atoms with Crippen molar-refractivity contribution < 1.29 is 5.11 Å². The highest BCUT2D eigenvalue weighted by atomic mass is 16.3. The van der Waals surface area contributed by atoms with Gasteiger partial charge in [0, 0.05) is 22.8 Å². The van der Waals surface area contributed by atoms with Crippen LogP contribution in [0.1, 0.15) is 19.4 Å². The number of rotatable bonds is 1. The number of fused-ring (bicyclic) bond motifs is 1. The molecule has 0 saturated carbocycles. The van der Waals surface area contributed by atoms with E-state index in [4.69, 9.17) is 5.73 Å². The van der Waals surface area contributed by atoms with Crippen molar-refractivity contribution in [2.24, 2.45) is 0 Å². The topological polar surface area (TPSA) is 59.1 Å². The van der Waals surface area contributed by atoms with Crippen LogP contribution in [0.4, 0.5) is 5.69 Å². The molecule has 0 atom stereocenters. The Balaban J connectivity index is 2.73. The van der Waals surface area contributed by atoms with Gasteiger partial charge in [-0.25, -0.2) is 0 Å².